The Labute approximate surface area is 160 Å². The van der Waals surface area contributed by atoms with E-state index in [0.29, 0.717) is 17.7 Å². The molecule has 1 fully saturated rings. The number of hydrogen-bond acceptors (Lipinski definition) is 4. The number of carbonyl (C=O) groups is 1. The van der Waals surface area contributed by atoms with Crippen molar-refractivity contribution < 1.29 is 19.0 Å². The number of benzene rings is 1. The normalized spacial score (nSPS) is 24.3. The highest BCUT2D eigenvalue weighted by molar-refractivity contribution is 8.25. The zero-order valence-corrected chi connectivity index (χ0v) is 16.3. The van der Waals surface area contributed by atoms with Gasteiger partial charge in [0.05, 0.1) is 21.9 Å². The summed E-state index contributed by atoms with van der Waals surface area (Å²) in [7, 11) is -2.96. The quantitative estimate of drug-likeness (QED) is 0.689. The number of fused-ring (bicyclic) bond motifs is 1. The van der Waals surface area contributed by atoms with E-state index in [1.54, 1.807) is 6.07 Å². The zero-order valence-electron chi connectivity index (χ0n) is 15.5. The summed E-state index contributed by atoms with van der Waals surface area (Å²) in [6, 6.07) is 7.16. The average Bonchev–Trinajstić information content (AvgIpc) is 3.10. The Hall–Kier alpha value is -1.83. The first kappa shape index (κ1) is 18.5. The lowest BCUT2D eigenvalue weighted by Gasteiger charge is -2.58. The van der Waals surface area contributed by atoms with Crippen molar-refractivity contribution in [2.45, 2.75) is 67.6 Å². The van der Waals surface area contributed by atoms with E-state index >= 15 is 0 Å². The fraction of sp³-hybridized carbons (Fsp3) is 0.500. The number of carboxylic acid groups (broad SMARTS) is 1. The van der Waals surface area contributed by atoms with Crippen LogP contribution in [-0.2, 0) is 6.42 Å². The standard InChI is InChI=1S/C20H26N2O4S/c1-2-18-21-13-16(19(23)24)22(18)15-12-20(10-6-3-7-11-20)27(25,26)17-9-5-4-8-14(15)17/h4-5,8-9,13,15,25-26H,2-3,6-7,10-12H2,1H3,(H,23,24). The molecule has 1 spiro atoms. The Morgan fingerprint density at radius 1 is 1.26 bits per heavy atom. The maximum atomic E-state index is 11.8. The first-order valence-corrected chi connectivity index (χ1v) is 11.1. The van der Waals surface area contributed by atoms with Crippen LogP contribution in [0.5, 0.6) is 0 Å². The maximum absolute atomic E-state index is 11.8. The van der Waals surface area contributed by atoms with Crippen molar-refractivity contribution in [2.24, 2.45) is 0 Å². The molecule has 2 aromatic rings. The molecule has 1 unspecified atom stereocenters. The molecule has 2 heterocycles. The molecule has 0 radical (unpaired) electrons. The third-order valence-corrected chi connectivity index (χ3v) is 9.01. The molecular weight excluding hydrogens is 364 g/mol. The first-order valence-electron chi connectivity index (χ1n) is 9.57. The van der Waals surface area contributed by atoms with E-state index in [-0.39, 0.29) is 11.7 Å². The van der Waals surface area contributed by atoms with Gasteiger partial charge < -0.3 is 9.67 Å². The summed E-state index contributed by atoms with van der Waals surface area (Å²) < 4.78 is 23.9. The van der Waals surface area contributed by atoms with Gasteiger partial charge in [-0.1, -0.05) is 44.4 Å². The molecule has 1 aromatic carbocycles. The van der Waals surface area contributed by atoms with Crippen LogP contribution in [0.15, 0.2) is 35.4 Å². The summed E-state index contributed by atoms with van der Waals surface area (Å²) >= 11 is 0. The highest BCUT2D eigenvalue weighted by Crippen LogP contribution is 2.70. The molecule has 0 amide bonds. The van der Waals surface area contributed by atoms with Gasteiger partial charge in [-0.25, -0.2) is 9.78 Å². The van der Waals surface area contributed by atoms with E-state index in [9.17, 15) is 19.0 Å². The van der Waals surface area contributed by atoms with Crippen LogP contribution in [0.1, 0.15) is 73.4 Å². The molecule has 0 saturated heterocycles. The summed E-state index contributed by atoms with van der Waals surface area (Å²) in [6.45, 7) is 1.96. The van der Waals surface area contributed by atoms with E-state index in [1.165, 1.54) is 6.20 Å². The van der Waals surface area contributed by atoms with E-state index in [0.717, 1.165) is 43.5 Å². The largest absolute Gasteiger partial charge is 0.477 e. The lowest BCUT2D eigenvalue weighted by atomic mass is 9.81. The van der Waals surface area contributed by atoms with Gasteiger partial charge in [0.1, 0.15) is 11.5 Å². The highest BCUT2D eigenvalue weighted by Gasteiger charge is 2.52. The number of imidazole rings is 1. The third-order valence-electron chi connectivity index (χ3n) is 6.24. The van der Waals surface area contributed by atoms with Gasteiger partial charge in [0.15, 0.2) is 0 Å². The number of nitrogens with zero attached hydrogens (tertiary/aromatic N) is 2. The Morgan fingerprint density at radius 3 is 2.63 bits per heavy atom. The van der Waals surface area contributed by atoms with Crippen molar-refractivity contribution in [1.29, 1.82) is 0 Å². The van der Waals surface area contributed by atoms with Crippen molar-refractivity contribution in [3.05, 3.63) is 47.5 Å². The average molecular weight is 391 g/mol. The molecule has 1 aromatic heterocycles. The van der Waals surface area contributed by atoms with Gasteiger partial charge in [0, 0.05) is 6.42 Å². The van der Waals surface area contributed by atoms with Crippen molar-refractivity contribution in [2.75, 3.05) is 0 Å². The first-order chi connectivity index (χ1) is 12.9. The fourth-order valence-corrected chi connectivity index (χ4v) is 7.42. The summed E-state index contributed by atoms with van der Waals surface area (Å²) in [5, 5.41) is 9.70. The second kappa shape index (κ2) is 6.65. The third kappa shape index (κ3) is 2.71. The zero-order chi connectivity index (χ0) is 19.2. The predicted molar refractivity (Wildman–Crippen MR) is 105 cm³/mol. The number of carboxylic acids is 1. The van der Waals surface area contributed by atoms with Crippen LogP contribution >= 0.6 is 10.6 Å². The van der Waals surface area contributed by atoms with Crippen molar-refractivity contribution in [1.82, 2.24) is 9.55 Å². The number of rotatable bonds is 3. The topological polar surface area (TPSA) is 95.6 Å². The molecule has 2 aliphatic rings. The summed E-state index contributed by atoms with van der Waals surface area (Å²) in [4.78, 5) is 16.8. The van der Waals surface area contributed by atoms with Crippen LogP contribution in [0, 0.1) is 0 Å². The Balaban J connectivity index is 1.94. The maximum Gasteiger partial charge on any atom is 0.354 e. The molecule has 7 heteroatoms. The lowest BCUT2D eigenvalue weighted by molar-refractivity contribution is 0.0682. The summed E-state index contributed by atoms with van der Waals surface area (Å²) in [6.07, 6.45) is 7.16. The molecule has 1 aliphatic carbocycles. The van der Waals surface area contributed by atoms with Crippen molar-refractivity contribution in [3.8, 4) is 0 Å². The van der Waals surface area contributed by atoms with Gasteiger partial charge >= 0.3 is 5.97 Å². The second-order valence-corrected chi connectivity index (χ2v) is 10.0. The number of hydrogen-bond donors (Lipinski definition) is 3. The smallest absolute Gasteiger partial charge is 0.354 e. The van der Waals surface area contributed by atoms with Crippen LogP contribution in [-0.4, -0.2) is 34.5 Å². The van der Waals surface area contributed by atoms with Gasteiger partial charge in [-0.2, -0.15) is 10.6 Å². The van der Waals surface area contributed by atoms with Gasteiger partial charge in [-0.15, -0.1) is 0 Å². The Morgan fingerprint density at radius 2 is 1.96 bits per heavy atom. The van der Waals surface area contributed by atoms with Crippen LogP contribution in [0.3, 0.4) is 0 Å². The van der Waals surface area contributed by atoms with E-state index in [1.807, 2.05) is 29.7 Å². The second-order valence-electron chi connectivity index (χ2n) is 7.64. The van der Waals surface area contributed by atoms with Crippen LogP contribution < -0.4 is 0 Å². The van der Waals surface area contributed by atoms with Crippen molar-refractivity contribution >= 4 is 16.6 Å². The van der Waals surface area contributed by atoms with Crippen molar-refractivity contribution in [3.63, 3.8) is 0 Å². The van der Waals surface area contributed by atoms with Crippen LogP contribution in [0.2, 0.25) is 0 Å². The number of aryl methyl sites for hydroxylation is 1. The van der Waals surface area contributed by atoms with E-state index < -0.39 is 21.3 Å². The molecule has 27 heavy (non-hydrogen) atoms. The molecule has 1 atom stereocenters. The van der Waals surface area contributed by atoms with E-state index in [2.05, 4.69) is 4.98 Å². The minimum Gasteiger partial charge on any atom is -0.477 e. The van der Waals surface area contributed by atoms with Crippen LogP contribution in [0.25, 0.3) is 0 Å². The molecule has 1 saturated carbocycles. The predicted octanol–water partition coefficient (Wildman–Crippen LogP) is 4.95. The molecule has 146 valence electrons. The lowest BCUT2D eigenvalue weighted by Crippen LogP contribution is -2.44. The Kier molecular flexibility index (Phi) is 4.56. The SMILES string of the molecule is CCc1ncc(C(=O)O)n1C1CC2(CCCCC2)S(O)(O)c2ccccc21. The molecule has 6 nitrogen and oxygen atoms in total. The monoisotopic (exact) mass is 390 g/mol. The van der Waals surface area contributed by atoms with Gasteiger partial charge in [0.2, 0.25) is 0 Å². The number of aromatic nitrogens is 2. The molecular formula is C20H26N2O4S. The summed E-state index contributed by atoms with van der Waals surface area (Å²) in [5.74, 6) is -0.286. The highest BCUT2D eigenvalue weighted by atomic mass is 32.3. The minimum atomic E-state index is -2.96. The minimum absolute atomic E-state index is 0.163. The van der Waals surface area contributed by atoms with Gasteiger partial charge in [-0.05, 0) is 30.9 Å². The summed E-state index contributed by atoms with van der Waals surface area (Å²) in [5.41, 5.74) is 0.972. The Bertz CT molecular complexity index is 871. The van der Waals surface area contributed by atoms with Gasteiger partial charge in [0.25, 0.3) is 0 Å². The molecule has 1 aliphatic heterocycles. The van der Waals surface area contributed by atoms with Gasteiger partial charge in [-0.3, -0.25) is 9.11 Å². The fourth-order valence-electron chi connectivity index (χ4n) is 4.91. The van der Waals surface area contributed by atoms with E-state index in [4.69, 9.17) is 0 Å². The molecule has 4 rings (SSSR count). The molecule has 3 N–H and O–H groups in total. The molecule has 0 bridgehead atoms. The number of aromatic carboxylic acids is 1. The van der Waals surface area contributed by atoms with Crippen LogP contribution in [0.4, 0.5) is 0 Å².